The van der Waals surface area contributed by atoms with Gasteiger partial charge in [-0.05, 0) is 30.7 Å². The quantitative estimate of drug-likeness (QED) is 0.685. The van der Waals surface area contributed by atoms with E-state index in [0.29, 0.717) is 46.7 Å². The van der Waals surface area contributed by atoms with Crippen molar-refractivity contribution in [1.82, 2.24) is 14.9 Å². The summed E-state index contributed by atoms with van der Waals surface area (Å²) in [5.41, 5.74) is 1.65. The number of aryl methyl sites for hydroxylation is 1. The van der Waals surface area contributed by atoms with Gasteiger partial charge < -0.3 is 5.32 Å². The summed E-state index contributed by atoms with van der Waals surface area (Å²) in [6.45, 7) is 0. The maximum Gasteiger partial charge on any atom is 0.266 e. The average Bonchev–Trinajstić information content (AvgIpc) is 2.78. The lowest BCUT2D eigenvalue weighted by molar-refractivity contribution is 0.0946. The summed E-state index contributed by atoms with van der Waals surface area (Å²) in [6, 6.07) is 14.2. The predicted octanol–water partition coefficient (Wildman–Crippen LogP) is 2.03. The number of carbonyl (C=O) groups is 1. The highest BCUT2D eigenvalue weighted by atomic mass is 16.2. The number of benzene rings is 2. The molecule has 0 aliphatic carbocycles. The molecular weight excluding hydrogens is 316 g/mol. The van der Waals surface area contributed by atoms with Gasteiger partial charge in [-0.2, -0.15) is 0 Å². The van der Waals surface area contributed by atoms with Crippen LogP contribution in [0.5, 0.6) is 0 Å². The largest absolute Gasteiger partial charge is 0.342 e. The van der Waals surface area contributed by atoms with Gasteiger partial charge >= 0.3 is 0 Å². The fraction of sp³-hybridized carbons (Fsp3) is 0.158. The number of nitrogens with one attached hydrogen (secondary N) is 1. The van der Waals surface area contributed by atoms with E-state index in [1.54, 1.807) is 22.8 Å². The van der Waals surface area contributed by atoms with Crippen LogP contribution in [0, 0.1) is 0 Å². The van der Waals surface area contributed by atoms with Crippen molar-refractivity contribution < 1.29 is 4.79 Å². The Morgan fingerprint density at radius 2 is 1.84 bits per heavy atom. The normalized spacial score (nSPS) is 18.5. The molecule has 1 atom stereocenters. The van der Waals surface area contributed by atoms with Gasteiger partial charge in [-0.3, -0.25) is 9.59 Å². The summed E-state index contributed by atoms with van der Waals surface area (Å²) in [5.74, 6) is 1.07. The summed E-state index contributed by atoms with van der Waals surface area (Å²) in [5, 5.41) is 3.55. The summed E-state index contributed by atoms with van der Waals surface area (Å²) in [4.78, 5) is 34.9. The summed E-state index contributed by atoms with van der Waals surface area (Å²) in [6.07, 6.45) is 1.28. The predicted molar refractivity (Wildman–Crippen MR) is 94.5 cm³/mol. The molecule has 3 heterocycles. The Hall–Kier alpha value is -3.28. The second kappa shape index (κ2) is 5.11. The van der Waals surface area contributed by atoms with Gasteiger partial charge in [-0.25, -0.2) is 14.5 Å². The Balaban J connectivity index is 1.82. The van der Waals surface area contributed by atoms with Gasteiger partial charge in [0.15, 0.2) is 0 Å². The standard InChI is InChI=1S/C19H14N4O2/c24-18-11-5-1-3-7-13(11)21-17-15(22-18)9-10-16-20-14-8-4-2-6-12(14)19(25)23(16)17/h1-8,15H,9-10H2,(H,22,24)/t15-/m1/s1. The van der Waals surface area contributed by atoms with E-state index in [0.717, 1.165) is 0 Å². The molecule has 1 N–H and O–H groups in total. The highest BCUT2D eigenvalue weighted by Gasteiger charge is 2.32. The number of rotatable bonds is 0. The van der Waals surface area contributed by atoms with Crippen LogP contribution in [0.25, 0.3) is 10.9 Å². The molecule has 0 saturated heterocycles. The molecule has 0 fully saturated rings. The molecule has 0 bridgehead atoms. The molecule has 2 aliphatic rings. The highest BCUT2D eigenvalue weighted by Crippen LogP contribution is 2.25. The Morgan fingerprint density at radius 3 is 2.76 bits per heavy atom. The van der Waals surface area contributed by atoms with Crippen LogP contribution in [-0.4, -0.2) is 27.3 Å². The molecule has 5 rings (SSSR count). The van der Waals surface area contributed by atoms with Crippen LogP contribution in [0.4, 0.5) is 5.69 Å². The van der Waals surface area contributed by atoms with Gasteiger partial charge in [-0.1, -0.05) is 24.3 Å². The van der Waals surface area contributed by atoms with E-state index in [1.807, 2.05) is 30.3 Å². The Bertz CT molecular complexity index is 1130. The van der Waals surface area contributed by atoms with Crippen LogP contribution < -0.4 is 10.9 Å². The minimum Gasteiger partial charge on any atom is -0.342 e. The van der Waals surface area contributed by atoms with E-state index < -0.39 is 0 Å². The van der Waals surface area contributed by atoms with E-state index in [-0.39, 0.29) is 17.5 Å². The van der Waals surface area contributed by atoms with Crippen LogP contribution in [0.1, 0.15) is 22.6 Å². The molecule has 25 heavy (non-hydrogen) atoms. The number of hydrogen-bond acceptors (Lipinski definition) is 4. The third kappa shape index (κ3) is 2.04. The molecule has 0 radical (unpaired) electrons. The van der Waals surface area contributed by atoms with Crippen LogP contribution in [0.2, 0.25) is 0 Å². The van der Waals surface area contributed by atoms with E-state index in [1.165, 1.54) is 0 Å². The molecular formula is C19H14N4O2. The third-order valence-corrected chi connectivity index (χ3v) is 4.73. The highest BCUT2D eigenvalue weighted by molar-refractivity contribution is 6.07. The lowest BCUT2D eigenvalue weighted by atomic mass is 10.0. The van der Waals surface area contributed by atoms with Crippen molar-refractivity contribution in [3.63, 3.8) is 0 Å². The number of aromatic nitrogens is 2. The maximum absolute atomic E-state index is 13.1. The van der Waals surface area contributed by atoms with Crippen molar-refractivity contribution in [2.45, 2.75) is 18.9 Å². The second-order valence-electron chi connectivity index (χ2n) is 6.24. The monoisotopic (exact) mass is 330 g/mol. The summed E-state index contributed by atoms with van der Waals surface area (Å²) >= 11 is 0. The number of nitrogens with zero attached hydrogens (tertiary/aromatic N) is 3. The first-order chi connectivity index (χ1) is 12.2. The first-order valence-corrected chi connectivity index (χ1v) is 8.22. The van der Waals surface area contributed by atoms with Gasteiger partial charge in [0.2, 0.25) is 0 Å². The number of hydrogen-bond donors (Lipinski definition) is 1. The van der Waals surface area contributed by atoms with Crippen molar-refractivity contribution in [3.8, 4) is 0 Å². The molecule has 1 aromatic heterocycles. The number of carbonyl (C=O) groups excluding carboxylic acids is 1. The van der Waals surface area contributed by atoms with E-state index in [4.69, 9.17) is 0 Å². The first kappa shape index (κ1) is 14.1. The summed E-state index contributed by atoms with van der Waals surface area (Å²) in [7, 11) is 0. The van der Waals surface area contributed by atoms with E-state index in [2.05, 4.69) is 15.3 Å². The first-order valence-electron chi connectivity index (χ1n) is 8.22. The van der Waals surface area contributed by atoms with Gasteiger partial charge in [0, 0.05) is 6.42 Å². The zero-order chi connectivity index (χ0) is 17.0. The van der Waals surface area contributed by atoms with Gasteiger partial charge in [-0.15, -0.1) is 0 Å². The van der Waals surface area contributed by atoms with Gasteiger partial charge in [0.1, 0.15) is 11.7 Å². The smallest absolute Gasteiger partial charge is 0.266 e. The maximum atomic E-state index is 13.1. The third-order valence-electron chi connectivity index (χ3n) is 4.73. The SMILES string of the molecule is O=C1N[C@@H]2CCc3nc4ccccc4c(=O)n3C2=Nc2ccccc21. The molecule has 122 valence electrons. The van der Waals surface area contributed by atoms with E-state index >= 15 is 0 Å². The number of para-hydroxylation sites is 2. The van der Waals surface area contributed by atoms with Crippen LogP contribution in [0.3, 0.4) is 0 Å². The van der Waals surface area contributed by atoms with Crippen molar-refractivity contribution >= 4 is 28.3 Å². The van der Waals surface area contributed by atoms with Crippen LogP contribution in [-0.2, 0) is 6.42 Å². The molecule has 0 unspecified atom stereocenters. The molecule has 3 aromatic rings. The zero-order valence-corrected chi connectivity index (χ0v) is 13.3. The Kier molecular flexibility index (Phi) is 2.88. The molecule has 2 aromatic carbocycles. The van der Waals surface area contributed by atoms with Gasteiger partial charge in [0.05, 0.1) is 28.2 Å². The van der Waals surface area contributed by atoms with Gasteiger partial charge in [0.25, 0.3) is 11.5 Å². The number of amides is 1. The van der Waals surface area contributed by atoms with Crippen LogP contribution >= 0.6 is 0 Å². The topological polar surface area (TPSA) is 76.3 Å². The lowest BCUT2D eigenvalue weighted by Gasteiger charge is -2.27. The van der Waals surface area contributed by atoms with Crippen molar-refractivity contribution in [2.24, 2.45) is 4.99 Å². The second-order valence-corrected chi connectivity index (χ2v) is 6.24. The molecule has 6 heteroatoms. The Labute approximate surface area is 142 Å². The molecule has 0 spiro atoms. The molecule has 2 aliphatic heterocycles. The summed E-state index contributed by atoms with van der Waals surface area (Å²) < 4.78 is 1.57. The number of fused-ring (bicyclic) bond motifs is 5. The van der Waals surface area contributed by atoms with Crippen LogP contribution in [0.15, 0.2) is 58.3 Å². The fourth-order valence-electron chi connectivity index (χ4n) is 3.53. The fourth-order valence-corrected chi connectivity index (χ4v) is 3.53. The van der Waals surface area contributed by atoms with Crippen molar-refractivity contribution in [3.05, 3.63) is 70.3 Å². The molecule has 6 nitrogen and oxygen atoms in total. The minimum atomic E-state index is -0.298. The molecule has 0 saturated carbocycles. The van der Waals surface area contributed by atoms with E-state index in [9.17, 15) is 9.59 Å². The zero-order valence-electron chi connectivity index (χ0n) is 13.3. The molecule has 1 amide bonds. The minimum absolute atomic E-state index is 0.141. The van der Waals surface area contributed by atoms with Crippen molar-refractivity contribution in [2.75, 3.05) is 0 Å². The lowest BCUT2D eigenvalue weighted by Crippen LogP contribution is -2.49. The average molecular weight is 330 g/mol. The van der Waals surface area contributed by atoms with Crippen molar-refractivity contribution in [1.29, 1.82) is 0 Å². The Morgan fingerprint density at radius 1 is 1.04 bits per heavy atom. The number of aliphatic imine (C=N–C) groups is 1.